The molecule has 8 nitrogen and oxygen atoms in total. The van der Waals surface area contributed by atoms with E-state index in [1.807, 2.05) is 11.6 Å². The summed E-state index contributed by atoms with van der Waals surface area (Å²) in [5, 5.41) is 11.4. The van der Waals surface area contributed by atoms with E-state index >= 15 is 0 Å². The summed E-state index contributed by atoms with van der Waals surface area (Å²) in [6.45, 7) is 7.49. The third-order valence-corrected chi connectivity index (χ3v) is 6.97. The van der Waals surface area contributed by atoms with Gasteiger partial charge in [-0.2, -0.15) is 5.10 Å². The lowest BCUT2D eigenvalue weighted by molar-refractivity contribution is 0.390. The third-order valence-electron chi connectivity index (χ3n) is 5.13. The summed E-state index contributed by atoms with van der Waals surface area (Å²) in [6.07, 6.45) is 3.59. The fraction of sp³-hybridized carbons (Fsp3) is 0.824. The van der Waals surface area contributed by atoms with Gasteiger partial charge in [0.2, 0.25) is 0 Å². The molecule has 1 saturated heterocycles. The first-order chi connectivity index (χ1) is 12.3. The molecule has 0 amide bonds. The molecule has 0 saturated carbocycles. The molecule has 9 heteroatoms. The van der Waals surface area contributed by atoms with Crippen molar-refractivity contribution in [2.45, 2.75) is 65.1 Å². The Bertz CT molecular complexity index is 757. The van der Waals surface area contributed by atoms with Crippen molar-refractivity contribution < 1.29 is 8.42 Å². The molecule has 1 aromatic heterocycles. The zero-order valence-electron chi connectivity index (χ0n) is 15.9. The van der Waals surface area contributed by atoms with Crippen LogP contribution >= 0.6 is 0 Å². The van der Waals surface area contributed by atoms with Crippen LogP contribution in [0.3, 0.4) is 0 Å². The molecule has 26 heavy (non-hydrogen) atoms. The first-order valence-corrected chi connectivity index (χ1v) is 11.3. The van der Waals surface area contributed by atoms with Crippen molar-refractivity contribution in [1.29, 1.82) is 0 Å². The number of nitrogens with zero attached hydrogens (tertiary/aromatic N) is 4. The van der Waals surface area contributed by atoms with E-state index in [1.165, 1.54) is 0 Å². The Morgan fingerprint density at radius 1 is 1.42 bits per heavy atom. The molecular formula is C17H30N6O2S. The number of nitrogens with one attached hydrogen (secondary N) is 2. The lowest BCUT2D eigenvalue weighted by Gasteiger charge is -2.27. The van der Waals surface area contributed by atoms with Gasteiger partial charge in [0.05, 0.1) is 18.1 Å². The highest BCUT2D eigenvalue weighted by Crippen LogP contribution is 2.18. The van der Waals surface area contributed by atoms with E-state index in [4.69, 9.17) is 4.99 Å². The SMILES string of the molecule is CCC(C)NC(=NCC1CCS(=O)(=O)C1)NC1CCc2nc(C)nn2C1. The zero-order valence-corrected chi connectivity index (χ0v) is 16.7. The maximum absolute atomic E-state index is 11.7. The van der Waals surface area contributed by atoms with Crippen LogP contribution in [0.25, 0.3) is 0 Å². The van der Waals surface area contributed by atoms with E-state index in [0.29, 0.717) is 24.8 Å². The van der Waals surface area contributed by atoms with Crippen molar-refractivity contribution in [2.24, 2.45) is 10.9 Å². The highest BCUT2D eigenvalue weighted by Gasteiger charge is 2.28. The molecule has 2 aliphatic heterocycles. The second-order valence-electron chi connectivity index (χ2n) is 7.55. The van der Waals surface area contributed by atoms with Crippen LogP contribution in [0.5, 0.6) is 0 Å². The quantitative estimate of drug-likeness (QED) is 0.573. The predicted molar refractivity (Wildman–Crippen MR) is 102 cm³/mol. The topological polar surface area (TPSA) is 101 Å². The summed E-state index contributed by atoms with van der Waals surface area (Å²) in [6, 6.07) is 0.549. The van der Waals surface area contributed by atoms with Crippen molar-refractivity contribution in [3.05, 3.63) is 11.6 Å². The first kappa shape index (κ1) is 19.1. The molecule has 3 heterocycles. The summed E-state index contributed by atoms with van der Waals surface area (Å²) in [5.74, 6) is 3.32. The van der Waals surface area contributed by atoms with Gasteiger partial charge in [0, 0.05) is 25.0 Å². The predicted octanol–water partition coefficient (Wildman–Crippen LogP) is 0.670. The summed E-state index contributed by atoms with van der Waals surface area (Å²) in [4.78, 5) is 9.15. The summed E-state index contributed by atoms with van der Waals surface area (Å²) in [7, 11) is -2.86. The number of aromatic nitrogens is 3. The van der Waals surface area contributed by atoms with Crippen LogP contribution in [0.15, 0.2) is 4.99 Å². The maximum Gasteiger partial charge on any atom is 0.191 e. The molecule has 1 fully saturated rings. The number of sulfone groups is 1. The Balaban J connectivity index is 1.63. The first-order valence-electron chi connectivity index (χ1n) is 9.53. The zero-order chi connectivity index (χ0) is 18.7. The maximum atomic E-state index is 11.7. The highest BCUT2D eigenvalue weighted by atomic mass is 32.2. The van der Waals surface area contributed by atoms with Crippen molar-refractivity contribution in [3.63, 3.8) is 0 Å². The van der Waals surface area contributed by atoms with E-state index in [-0.39, 0.29) is 17.7 Å². The molecule has 3 unspecified atom stereocenters. The van der Waals surface area contributed by atoms with Gasteiger partial charge in [0.25, 0.3) is 0 Å². The van der Waals surface area contributed by atoms with Gasteiger partial charge in [-0.3, -0.25) is 4.99 Å². The fourth-order valence-electron chi connectivity index (χ4n) is 3.45. The Labute approximate surface area is 155 Å². The molecule has 0 radical (unpaired) electrons. The molecule has 3 atom stereocenters. The van der Waals surface area contributed by atoms with Crippen LogP contribution in [-0.2, 0) is 22.8 Å². The Kier molecular flexibility index (Phi) is 5.84. The van der Waals surface area contributed by atoms with E-state index in [9.17, 15) is 8.42 Å². The van der Waals surface area contributed by atoms with Gasteiger partial charge in [-0.25, -0.2) is 18.1 Å². The Morgan fingerprint density at radius 3 is 2.92 bits per heavy atom. The lowest BCUT2D eigenvalue weighted by atomic mass is 10.1. The minimum Gasteiger partial charge on any atom is -0.354 e. The van der Waals surface area contributed by atoms with Crippen molar-refractivity contribution >= 4 is 15.8 Å². The van der Waals surface area contributed by atoms with Crippen molar-refractivity contribution in [1.82, 2.24) is 25.4 Å². The van der Waals surface area contributed by atoms with Crippen molar-refractivity contribution in [2.75, 3.05) is 18.1 Å². The normalized spacial score (nSPS) is 26.3. The summed E-state index contributed by atoms with van der Waals surface area (Å²) >= 11 is 0. The van der Waals surface area contributed by atoms with Crippen LogP contribution < -0.4 is 10.6 Å². The third kappa shape index (κ3) is 4.96. The number of hydrogen-bond acceptors (Lipinski definition) is 5. The second kappa shape index (κ2) is 7.94. The van der Waals surface area contributed by atoms with E-state index in [0.717, 1.165) is 43.4 Å². The summed E-state index contributed by atoms with van der Waals surface area (Å²) in [5.41, 5.74) is 0. The smallest absolute Gasteiger partial charge is 0.191 e. The van der Waals surface area contributed by atoms with E-state index in [1.54, 1.807) is 0 Å². The molecule has 146 valence electrons. The van der Waals surface area contributed by atoms with E-state index in [2.05, 4.69) is 34.6 Å². The van der Waals surface area contributed by atoms with Crippen molar-refractivity contribution in [3.8, 4) is 0 Å². The van der Waals surface area contributed by atoms with Gasteiger partial charge in [-0.1, -0.05) is 6.92 Å². The van der Waals surface area contributed by atoms with Crippen LogP contribution in [-0.4, -0.2) is 59.3 Å². The van der Waals surface area contributed by atoms with E-state index < -0.39 is 9.84 Å². The van der Waals surface area contributed by atoms with Crippen LogP contribution in [0, 0.1) is 12.8 Å². The molecule has 0 aromatic carbocycles. The molecular weight excluding hydrogens is 352 g/mol. The van der Waals surface area contributed by atoms with Gasteiger partial charge >= 0.3 is 0 Å². The Hall–Kier alpha value is -1.64. The average Bonchev–Trinajstić information content (AvgIpc) is 3.12. The van der Waals surface area contributed by atoms with Gasteiger partial charge < -0.3 is 10.6 Å². The Morgan fingerprint density at radius 2 is 2.23 bits per heavy atom. The molecule has 0 aliphatic carbocycles. The molecule has 0 spiro atoms. The number of fused-ring (bicyclic) bond motifs is 1. The van der Waals surface area contributed by atoms with Gasteiger partial charge in [-0.05, 0) is 39.0 Å². The molecule has 2 aliphatic rings. The van der Waals surface area contributed by atoms with Crippen LogP contribution in [0.1, 0.15) is 44.8 Å². The number of rotatable bonds is 5. The number of hydrogen-bond donors (Lipinski definition) is 2. The largest absolute Gasteiger partial charge is 0.354 e. The summed E-state index contributed by atoms with van der Waals surface area (Å²) < 4.78 is 25.3. The average molecular weight is 383 g/mol. The number of aliphatic imine (C=N–C) groups is 1. The highest BCUT2D eigenvalue weighted by molar-refractivity contribution is 7.91. The second-order valence-corrected chi connectivity index (χ2v) is 9.78. The van der Waals surface area contributed by atoms with Gasteiger partial charge in [0.15, 0.2) is 15.8 Å². The molecule has 2 N–H and O–H groups in total. The van der Waals surface area contributed by atoms with Gasteiger partial charge in [0.1, 0.15) is 11.6 Å². The molecule has 0 bridgehead atoms. The molecule has 1 aromatic rings. The minimum absolute atomic E-state index is 0.131. The fourth-order valence-corrected chi connectivity index (χ4v) is 5.30. The van der Waals surface area contributed by atoms with Gasteiger partial charge in [-0.15, -0.1) is 0 Å². The van der Waals surface area contributed by atoms with Crippen LogP contribution in [0.4, 0.5) is 0 Å². The minimum atomic E-state index is -2.86. The van der Waals surface area contributed by atoms with Crippen LogP contribution in [0.2, 0.25) is 0 Å². The number of aryl methyl sites for hydroxylation is 2. The molecule has 3 rings (SSSR count). The monoisotopic (exact) mass is 382 g/mol. The lowest BCUT2D eigenvalue weighted by Crippen LogP contribution is -2.49. The standard InChI is InChI=1S/C17H30N6O2S/c1-4-12(2)19-17(18-9-14-7-8-26(24,25)11-14)21-15-5-6-16-20-13(3)22-23(16)10-15/h12,14-15H,4-11H2,1-3H3,(H2,18,19,21). The number of guanidine groups is 1.